The van der Waals surface area contributed by atoms with E-state index in [2.05, 4.69) is 4.98 Å². The summed E-state index contributed by atoms with van der Waals surface area (Å²) < 4.78 is 9.70. The normalized spacial score (nSPS) is 10.5. The number of amides is 1. The summed E-state index contributed by atoms with van der Waals surface area (Å²) in [7, 11) is 2.88. The van der Waals surface area contributed by atoms with Crippen molar-refractivity contribution in [2.45, 2.75) is 33.6 Å². The summed E-state index contributed by atoms with van der Waals surface area (Å²) >= 11 is 0. The second-order valence-corrected chi connectivity index (χ2v) is 5.55. The summed E-state index contributed by atoms with van der Waals surface area (Å²) in [5.74, 6) is -0.801. The largest absolute Gasteiger partial charge is 0.464 e. The molecule has 0 bridgehead atoms. The summed E-state index contributed by atoms with van der Waals surface area (Å²) in [6.07, 6.45) is 0.993. The number of methoxy groups -OCH3 is 2. The van der Waals surface area contributed by atoms with Gasteiger partial charge in [-0.05, 0) is 25.8 Å². The number of nitrogens with one attached hydrogen (secondary N) is 1. The Morgan fingerprint density at radius 1 is 1.17 bits per heavy atom. The van der Waals surface area contributed by atoms with Gasteiger partial charge in [-0.25, -0.2) is 4.79 Å². The van der Waals surface area contributed by atoms with E-state index in [4.69, 9.17) is 9.47 Å². The number of nitrogens with zero attached hydrogens (tertiary/aromatic N) is 1. The highest BCUT2D eigenvalue weighted by Gasteiger charge is 2.24. The molecule has 1 aromatic heterocycles. The number of aryl methyl sites for hydroxylation is 1. The molecule has 1 amide bonds. The molecule has 1 rings (SSSR count). The average molecular weight is 338 g/mol. The minimum absolute atomic E-state index is 0.0173. The lowest BCUT2D eigenvalue weighted by Gasteiger charge is -2.21. The van der Waals surface area contributed by atoms with Crippen molar-refractivity contribution in [3.8, 4) is 0 Å². The maximum atomic E-state index is 12.7. The summed E-state index contributed by atoms with van der Waals surface area (Å²) in [5.41, 5.74) is 1.85. The molecule has 0 atom stereocenters. The molecule has 0 fully saturated rings. The number of rotatable bonds is 9. The number of hydrogen-bond acceptors (Lipinski definition) is 5. The molecular formula is C17H26N2O5. The van der Waals surface area contributed by atoms with Crippen molar-refractivity contribution in [1.29, 1.82) is 0 Å². The second-order valence-electron chi connectivity index (χ2n) is 5.55. The van der Waals surface area contributed by atoms with Crippen LogP contribution in [0.2, 0.25) is 0 Å². The second kappa shape index (κ2) is 9.22. The lowest BCUT2D eigenvalue weighted by atomic mass is 10.0. The first-order valence-corrected chi connectivity index (χ1v) is 7.94. The number of Topliss-reactive ketones (excluding diaryl/α,β-unsaturated/α-hetero) is 1. The molecule has 7 heteroatoms. The number of esters is 1. The van der Waals surface area contributed by atoms with Crippen LogP contribution in [-0.4, -0.2) is 61.5 Å². The average Bonchev–Trinajstić information content (AvgIpc) is 2.87. The molecule has 1 N–H and O–H groups in total. The lowest BCUT2D eigenvalue weighted by Crippen LogP contribution is -2.36. The Labute approximate surface area is 142 Å². The molecule has 24 heavy (non-hydrogen) atoms. The molecule has 0 aliphatic carbocycles. The van der Waals surface area contributed by atoms with Gasteiger partial charge in [-0.15, -0.1) is 0 Å². The Morgan fingerprint density at radius 3 is 2.38 bits per heavy atom. The highest BCUT2D eigenvalue weighted by atomic mass is 16.5. The van der Waals surface area contributed by atoms with Gasteiger partial charge in [0.25, 0.3) is 0 Å². The molecule has 134 valence electrons. The summed E-state index contributed by atoms with van der Waals surface area (Å²) in [6.45, 7) is 6.15. The number of carbonyl (C=O) groups excluding carboxylic acids is 3. The van der Waals surface area contributed by atoms with Gasteiger partial charge in [0.05, 0.1) is 13.7 Å². The van der Waals surface area contributed by atoms with E-state index in [9.17, 15) is 14.4 Å². The van der Waals surface area contributed by atoms with E-state index < -0.39 is 5.97 Å². The number of carbonyl (C=O) groups is 3. The van der Waals surface area contributed by atoms with E-state index in [0.29, 0.717) is 42.8 Å². The summed E-state index contributed by atoms with van der Waals surface area (Å²) in [6, 6.07) is 0. The van der Waals surface area contributed by atoms with E-state index >= 15 is 0 Å². The van der Waals surface area contributed by atoms with Crippen molar-refractivity contribution >= 4 is 17.7 Å². The van der Waals surface area contributed by atoms with Crippen molar-refractivity contribution < 1.29 is 23.9 Å². The molecule has 0 radical (unpaired) electrons. The van der Waals surface area contributed by atoms with Gasteiger partial charge in [-0.3, -0.25) is 9.59 Å². The van der Waals surface area contributed by atoms with Crippen LogP contribution in [0.4, 0.5) is 0 Å². The molecule has 7 nitrogen and oxygen atoms in total. The zero-order chi connectivity index (χ0) is 18.3. The number of aromatic amines is 1. The Kier molecular flexibility index (Phi) is 7.64. The number of ether oxygens (including phenoxy) is 2. The van der Waals surface area contributed by atoms with Crippen LogP contribution in [-0.2, 0) is 14.3 Å². The van der Waals surface area contributed by atoms with Crippen LogP contribution < -0.4 is 0 Å². The maximum Gasteiger partial charge on any atom is 0.354 e. The number of aromatic nitrogens is 1. The molecule has 1 heterocycles. The molecule has 0 saturated carbocycles. The lowest BCUT2D eigenvalue weighted by molar-refractivity contribution is -0.130. The number of hydrogen-bond donors (Lipinski definition) is 1. The smallest absolute Gasteiger partial charge is 0.354 e. The third kappa shape index (κ3) is 4.67. The summed E-state index contributed by atoms with van der Waals surface area (Å²) in [4.78, 5) is 40.9. The van der Waals surface area contributed by atoms with Gasteiger partial charge in [-0.1, -0.05) is 6.92 Å². The molecule has 0 spiro atoms. The van der Waals surface area contributed by atoms with Gasteiger partial charge in [0.15, 0.2) is 5.78 Å². The first kappa shape index (κ1) is 19.9. The predicted molar refractivity (Wildman–Crippen MR) is 89.3 cm³/mol. The standard InChI is InChI=1S/C17H26N2O5/c1-6-14(21)19(8-7-9-23-4)10-13(20)15-11(2)16(17(22)24-5)18-12(15)3/h18H,6-10H2,1-5H3. The Hall–Kier alpha value is -2.15. The van der Waals surface area contributed by atoms with Gasteiger partial charge in [0.1, 0.15) is 5.69 Å². The Morgan fingerprint density at radius 2 is 1.83 bits per heavy atom. The molecule has 0 aliphatic rings. The fourth-order valence-corrected chi connectivity index (χ4v) is 2.64. The van der Waals surface area contributed by atoms with Crippen LogP contribution in [0.1, 0.15) is 51.9 Å². The van der Waals surface area contributed by atoms with Crippen LogP contribution in [0, 0.1) is 13.8 Å². The zero-order valence-electron chi connectivity index (χ0n) is 15.0. The van der Waals surface area contributed by atoms with Gasteiger partial charge >= 0.3 is 5.97 Å². The summed E-state index contributed by atoms with van der Waals surface area (Å²) in [5, 5.41) is 0. The van der Waals surface area contributed by atoms with E-state index in [0.717, 1.165) is 0 Å². The SMILES string of the molecule is CCC(=O)N(CCCOC)CC(=O)c1c(C)[nH]c(C(=O)OC)c1C. The van der Waals surface area contributed by atoms with Gasteiger partial charge in [-0.2, -0.15) is 0 Å². The molecule has 0 saturated heterocycles. The van der Waals surface area contributed by atoms with Crippen molar-refractivity contribution in [2.24, 2.45) is 0 Å². The van der Waals surface area contributed by atoms with E-state index in [1.54, 1.807) is 27.9 Å². The number of H-pyrrole nitrogens is 1. The monoisotopic (exact) mass is 338 g/mol. The van der Waals surface area contributed by atoms with Crippen molar-refractivity contribution in [3.63, 3.8) is 0 Å². The number of ketones is 1. The minimum atomic E-state index is -0.517. The fourth-order valence-electron chi connectivity index (χ4n) is 2.64. The Balaban J connectivity index is 2.97. The molecule has 0 aliphatic heterocycles. The van der Waals surface area contributed by atoms with Crippen LogP contribution in [0.15, 0.2) is 0 Å². The predicted octanol–water partition coefficient (Wildman–Crippen LogP) is 1.88. The third-order valence-electron chi connectivity index (χ3n) is 3.87. The van der Waals surface area contributed by atoms with Crippen molar-refractivity contribution in [1.82, 2.24) is 9.88 Å². The highest BCUT2D eigenvalue weighted by Crippen LogP contribution is 2.20. The molecule has 0 aromatic carbocycles. The van der Waals surface area contributed by atoms with E-state index in [1.165, 1.54) is 12.0 Å². The topological polar surface area (TPSA) is 88.7 Å². The van der Waals surface area contributed by atoms with Gasteiger partial charge in [0.2, 0.25) is 5.91 Å². The Bertz CT molecular complexity index is 606. The van der Waals surface area contributed by atoms with E-state index in [1.807, 2.05) is 0 Å². The highest BCUT2D eigenvalue weighted by molar-refractivity contribution is 6.04. The van der Waals surface area contributed by atoms with E-state index in [-0.39, 0.29) is 23.9 Å². The van der Waals surface area contributed by atoms with Crippen molar-refractivity contribution in [2.75, 3.05) is 33.9 Å². The van der Waals surface area contributed by atoms with Crippen molar-refractivity contribution in [3.05, 3.63) is 22.5 Å². The van der Waals surface area contributed by atoms with Gasteiger partial charge < -0.3 is 19.4 Å². The minimum Gasteiger partial charge on any atom is -0.464 e. The maximum absolute atomic E-state index is 12.7. The third-order valence-corrected chi connectivity index (χ3v) is 3.87. The van der Waals surface area contributed by atoms with Crippen LogP contribution in [0.25, 0.3) is 0 Å². The van der Waals surface area contributed by atoms with Crippen LogP contribution in [0.5, 0.6) is 0 Å². The quantitative estimate of drug-likeness (QED) is 0.422. The zero-order valence-corrected chi connectivity index (χ0v) is 15.0. The fraction of sp³-hybridized carbons (Fsp3) is 0.588. The molecule has 1 aromatic rings. The van der Waals surface area contributed by atoms with Gasteiger partial charge in [0, 0.05) is 37.9 Å². The van der Waals surface area contributed by atoms with Crippen LogP contribution in [0.3, 0.4) is 0 Å². The molecular weight excluding hydrogens is 312 g/mol. The molecule has 0 unspecified atom stereocenters. The first-order chi connectivity index (χ1) is 11.4. The first-order valence-electron chi connectivity index (χ1n) is 7.94. The van der Waals surface area contributed by atoms with Crippen LogP contribution >= 0.6 is 0 Å².